The first-order valence-electron chi connectivity index (χ1n) is 9.85. The van der Waals surface area contributed by atoms with Crippen molar-refractivity contribution in [2.24, 2.45) is 10.2 Å². The Kier molecular flexibility index (Phi) is 6.28. The molecule has 4 aromatic rings. The number of fused-ring (bicyclic) bond motifs is 1. The molecule has 2 amide bonds. The summed E-state index contributed by atoms with van der Waals surface area (Å²) >= 11 is 5.88. The van der Waals surface area contributed by atoms with Crippen molar-refractivity contribution in [2.45, 2.75) is 6.54 Å². The number of carbonyl (C=O) groups excluding carboxylic acids is 2. The third-order valence-electron chi connectivity index (χ3n) is 4.85. The fourth-order valence-electron chi connectivity index (χ4n) is 3.33. The average molecular weight is 447 g/mol. The second-order valence-corrected chi connectivity index (χ2v) is 7.48. The number of rotatable bonds is 6. The van der Waals surface area contributed by atoms with E-state index in [1.54, 1.807) is 28.8 Å². The lowest BCUT2D eigenvalue weighted by Gasteiger charge is -2.06. The van der Waals surface area contributed by atoms with E-state index in [9.17, 15) is 14.7 Å². The molecule has 0 aliphatic rings. The van der Waals surface area contributed by atoms with Gasteiger partial charge in [0.1, 0.15) is 6.54 Å². The number of para-hydroxylation sites is 1. The highest BCUT2D eigenvalue weighted by atomic mass is 35.5. The molecule has 0 fully saturated rings. The molecule has 7 nitrogen and oxygen atoms in total. The van der Waals surface area contributed by atoms with Crippen LogP contribution in [0.2, 0.25) is 5.02 Å². The molecule has 0 spiro atoms. The van der Waals surface area contributed by atoms with Gasteiger partial charge in [0.2, 0.25) is 5.88 Å². The van der Waals surface area contributed by atoms with Gasteiger partial charge in [-0.05, 0) is 29.8 Å². The van der Waals surface area contributed by atoms with Crippen LogP contribution < -0.4 is 5.32 Å². The zero-order valence-electron chi connectivity index (χ0n) is 16.9. The van der Waals surface area contributed by atoms with Gasteiger partial charge in [-0.2, -0.15) is 0 Å². The quantitative estimate of drug-likeness (QED) is 0.404. The van der Waals surface area contributed by atoms with Crippen LogP contribution in [0.1, 0.15) is 15.9 Å². The van der Waals surface area contributed by atoms with Gasteiger partial charge in [-0.25, -0.2) is 0 Å². The van der Waals surface area contributed by atoms with Gasteiger partial charge in [-0.3, -0.25) is 9.59 Å². The molecule has 0 atom stereocenters. The second kappa shape index (κ2) is 9.45. The maximum Gasteiger partial charge on any atom is 0.283 e. The van der Waals surface area contributed by atoms with Crippen molar-refractivity contribution in [3.8, 4) is 5.88 Å². The van der Waals surface area contributed by atoms with Crippen LogP contribution in [0.3, 0.4) is 0 Å². The lowest BCUT2D eigenvalue weighted by atomic mass is 10.2. The summed E-state index contributed by atoms with van der Waals surface area (Å²) in [6.45, 7) is 0.102. The molecule has 0 unspecified atom stereocenters. The van der Waals surface area contributed by atoms with Crippen LogP contribution in [0.15, 0.2) is 89.1 Å². The lowest BCUT2D eigenvalue weighted by Crippen LogP contribution is -2.28. The predicted octanol–water partition coefficient (Wildman–Crippen LogP) is 5.09. The molecule has 1 aromatic heterocycles. The molecule has 0 aliphatic carbocycles. The molecular formula is C24H19ClN4O3. The summed E-state index contributed by atoms with van der Waals surface area (Å²) in [5.41, 5.74) is 2.31. The Morgan fingerprint density at radius 2 is 1.72 bits per heavy atom. The van der Waals surface area contributed by atoms with Crippen LogP contribution in [0.4, 0.5) is 5.69 Å². The Labute approximate surface area is 189 Å². The minimum absolute atomic E-state index is 0.0884. The fourth-order valence-corrected chi connectivity index (χ4v) is 3.52. The Bertz CT molecular complexity index is 1320. The summed E-state index contributed by atoms with van der Waals surface area (Å²) in [6.07, 6.45) is 0. The number of halogens is 1. The van der Waals surface area contributed by atoms with Crippen LogP contribution >= 0.6 is 11.6 Å². The van der Waals surface area contributed by atoms with Crippen LogP contribution in [-0.4, -0.2) is 28.0 Å². The van der Waals surface area contributed by atoms with Crippen molar-refractivity contribution in [3.05, 3.63) is 95.0 Å². The van der Waals surface area contributed by atoms with Crippen LogP contribution in [0, 0.1) is 0 Å². The number of aromatic nitrogens is 1. The van der Waals surface area contributed by atoms with Gasteiger partial charge < -0.3 is 15.0 Å². The highest BCUT2D eigenvalue weighted by Crippen LogP contribution is 2.39. The van der Waals surface area contributed by atoms with Crippen molar-refractivity contribution in [1.29, 1.82) is 0 Å². The molecule has 4 rings (SSSR count). The van der Waals surface area contributed by atoms with Gasteiger partial charge in [0, 0.05) is 16.0 Å². The summed E-state index contributed by atoms with van der Waals surface area (Å²) in [5, 5.41) is 22.0. The summed E-state index contributed by atoms with van der Waals surface area (Å²) in [6, 6.07) is 23.4. The van der Waals surface area contributed by atoms with Gasteiger partial charge >= 0.3 is 0 Å². The summed E-state index contributed by atoms with van der Waals surface area (Å²) < 4.78 is 1.71. The predicted molar refractivity (Wildman–Crippen MR) is 122 cm³/mol. The van der Waals surface area contributed by atoms with E-state index in [4.69, 9.17) is 11.6 Å². The standard InChI is InChI=1S/C24H19ClN4O3/c25-18-10-6-9-17(13-18)23(31)26-14-21(30)27-28-22-19-11-4-5-12-20(19)29(24(22)32)15-16-7-2-1-3-8-16/h1-13,32H,14-15H2,(H,26,31). The van der Waals surface area contributed by atoms with E-state index < -0.39 is 11.8 Å². The topological polar surface area (TPSA) is 96.1 Å². The number of nitrogens with one attached hydrogen (secondary N) is 1. The fraction of sp³-hybridized carbons (Fsp3) is 0.0833. The summed E-state index contributed by atoms with van der Waals surface area (Å²) in [7, 11) is 0. The first-order chi connectivity index (χ1) is 15.5. The number of carbonyl (C=O) groups is 2. The molecule has 1 heterocycles. The van der Waals surface area contributed by atoms with E-state index in [-0.39, 0.29) is 18.1 Å². The third kappa shape index (κ3) is 4.68. The van der Waals surface area contributed by atoms with E-state index in [1.165, 1.54) is 6.07 Å². The Hall–Kier alpha value is -3.97. The molecular weight excluding hydrogens is 428 g/mol. The average Bonchev–Trinajstić information content (AvgIpc) is 3.07. The molecule has 160 valence electrons. The molecule has 0 saturated carbocycles. The monoisotopic (exact) mass is 446 g/mol. The highest BCUT2D eigenvalue weighted by Gasteiger charge is 2.17. The van der Waals surface area contributed by atoms with Crippen LogP contribution in [0.25, 0.3) is 10.9 Å². The number of amides is 2. The number of benzene rings is 3. The Balaban J connectivity index is 1.51. The van der Waals surface area contributed by atoms with Gasteiger partial charge in [-0.1, -0.05) is 66.2 Å². The molecule has 3 aromatic carbocycles. The maximum absolute atomic E-state index is 12.2. The number of hydrogen-bond acceptors (Lipinski definition) is 4. The van der Waals surface area contributed by atoms with Crippen LogP contribution in [0.5, 0.6) is 5.88 Å². The first-order valence-corrected chi connectivity index (χ1v) is 10.2. The number of hydrogen-bond donors (Lipinski definition) is 2. The zero-order valence-corrected chi connectivity index (χ0v) is 17.7. The zero-order chi connectivity index (χ0) is 22.5. The largest absolute Gasteiger partial charge is 0.493 e. The van der Waals surface area contributed by atoms with E-state index in [0.29, 0.717) is 22.5 Å². The first kappa shape index (κ1) is 21.3. The minimum atomic E-state index is -0.653. The molecule has 0 saturated heterocycles. The molecule has 0 aliphatic heterocycles. The summed E-state index contributed by atoms with van der Waals surface area (Å²) in [5.74, 6) is -1.19. The smallest absolute Gasteiger partial charge is 0.283 e. The van der Waals surface area contributed by atoms with Crippen molar-refractivity contribution >= 4 is 40.0 Å². The minimum Gasteiger partial charge on any atom is -0.493 e. The van der Waals surface area contributed by atoms with Gasteiger partial charge in [0.15, 0.2) is 5.69 Å². The molecule has 2 N–H and O–H groups in total. The third-order valence-corrected chi connectivity index (χ3v) is 5.08. The molecule has 0 bridgehead atoms. The normalized spacial score (nSPS) is 11.2. The Morgan fingerprint density at radius 1 is 0.969 bits per heavy atom. The molecule has 0 radical (unpaired) electrons. The number of azo groups is 1. The second-order valence-electron chi connectivity index (χ2n) is 7.05. The van der Waals surface area contributed by atoms with Crippen molar-refractivity contribution in [2.75, 3.05) is 6.54 Å². The van der Waals surface area contributed by atoms with Crippen molar-refractivity contribution in [1.82, 2.24) is 9.88 Å². The van der Waals surface area contributed by atoms with Crippen LogP contribution in [-0.2, 0) is 11.3 Å². The molecule has 8 heteroatoms. The van der Waals surface area contributed by atoms with E-state index in [0.717, 1.165) is 11.1 Å². The maximum atomic E-state index is 12.2. The van der Waals surface area contributed by atoms with E-state index >= 15 is 0 Å². The molecule has 32 heavy (non-hydrogen) atoms. The number of nitrogens with zero attached hydrogens (tertiary/aromatic N) is 3. The van der Waals surface area contributed by atoms with Gasteiger partial charge in [0.25, 0.3) is 11.8 Å². The number of aromatic hydroxyl groups is 1. The van der Waals surface area contributed by atoms with Crippen molar-refractivity contribution < 1.29 is 14.7 Å². The van der Waals surface area contributed by atoms with E-state index in [2.05, 4.69) is 15.5 Å². The van der Waals surface area contributed by atoms with Gasteiger partial charge in [0.05, 0.1) is 12.1 Å². The van der Waals surface area contributed by atoms with Gasteiger partial charge in [-0.15, -0.1) is 10.2 Å². The summed E-state index contributed by atoms with van der Waals surface area (Å²) in [4.78, 5) is 24.3. The SMILES string of the molecule is O=C(CNC(=O)c1cccc(Cl)c1)N=Nc1c(O)n(Cc2ccccc2)c2ccccc12. The highest BCUT2D eigenvalue weighted by molar-refractivity contribution is 6.31. The Morgan fingerprint density at radius 3 is 2.50 bits per heavy atom. The van der Waals surface area contributed by atoms with Crippen molar-refractivity contribution in [3.63, 3.8) is 0 Å². The van der Waals surface area contributed by atoms with E-state index in [1.807, 2.05) is 48.5 Å². The lowest BCUT2D eigenvalue weighted by molar-refractivity contribution is -0.117.